The molecule has 2 atom stereocenters. The fourth-order valence-corrected chi connectivity index (χ4v) is 1.65. The van der Waals surface area contributed by atoms with E-state index in [1.807, 2.05) is 13.8 Å². The summed E-state index contributed by atoms with van der Waals surface area (Å²) in [6.07, 6.45) is 0.0169. The normalized spacial score (nSPS) is 13.4. The van der Waals surface area contributed by atoms with E-state index in [1.165, 1.54) is 6.92 Å². The van der Waals surface area contributed by atoms with Crippen LogP contribution in [0.25, 0.3) is 0 Å². The molecule has 6 N–H and O–H groups in total. The molecule has 0 unspecified atom stereocenters. The summed E-state index contributed by atoms with van der Waals surface area (Å²) in [5.41, 5.74) is 10.2. The molecule has 4 amide bonds. The third kappa shape index (κ3) is 7.34. The molecule has 20 heavy (non-hydrogen) atoms. The summed E-state index contributed by atoms with van der Waals surface area (Å²) in [5, 5.41) is 4.73. The molecule has 0 spiro atoms. The van der Waals surface area contributed by atoms with Gasteiger partial charge >= 0.3 is 0 Å². The fraction of sp³-hybridized carbons (Fsp3) is 0.667. The van der Waals surface area contributed by atoms with E-state index in [4.69, 9.17) is 11.5 Å². The number of amides is 4. The number of carbonyl (C=O) groups is 4. The van der Waals surface area contributed by atoms with Gasteiger partial charge in [0.2, 0.25) is 23.6 Å². The van der Waals surface area contributed by atoms with Gasteiger partial charge in [-0.1, -0.05) is 13.8 Å². The smallest absolute Gasteiger partial charge is 0.243 e. The summed E-state index contributed by atoms with van der Waals surface area (Å²) in [4.78, 5) is 45.1. The highest BCUT2D eigenvalue weighted by molar-refractivity contribution is 5.94. The van der Waals surface area contributed by atoms with Crippen molar-refractivity contribution in [3.05, 3.63) is 0 Å². The standard InChI is InChI=1S/C12H22N4O4/c1-6(2)4-8(11(14)19)16-12(20)9(5-10(13)18)15-7(3)17/h6,8-9H,4-5H2,1-3H3,(H2,13,18)(H2,14,19)(H,15,17)(H,16,20)/t8-,9+/m0/s1. The number of hydrogen-bond donors (Lipinski definition) is 4. The first-order valence-corrected chi connectivity index (χ1v) is 6.28. The lowest BCUT2D eigenvalue weighted by Crippen LogP contribution is -2.53. The third-order valence-electron chi connectivity index (χ3n) is 2.47. The van der Waals surface area contributed by atoms with Gasteiger partial charge in [-0.05, 0) is 12.3 Å². The summed E-state index contributed by atoms with van der Waals surface area (Å²) in [6.45, 7) is 4.95. The molecule has 0 aliphatic heterocycles. The Kier molecular flexibility index (Phi) is 7.27. The SMILES string of the molecule is CC(=O)N[C@H](CC(N)=O)C(=O)N[C@@H](CC(C)C)C(N)=O. The van der Waals surface area contributed by atoms with Crippen molar-refractivity contribution in [1.82, 2.24) is 10.6 Å². The first-order chi connectivity index (χ1) is 9.13. The highest BCUT2D eigenvalue weighted by Crippen LogP contribution is 2.05. The van der Waals surface area contributed by atoms with Crippen molar-refractivity contribution >= 4 is 23.6 Å². The van der Waals surface area contributed by atoms with Crippen LogP contribution >= 0.6 is 0 Å². The molecule has 0 heterocycles. The van der Waals surface area contributed by atoms with Crippen molar-refractivity contribution < 1.29 is 19.2 Å². The maximum Gasteiger partial charge on any atom is 0.243 e. The van der Waals surface area contributed by atoms with Crippen LogP contribution < -0.4 is 22.1 Å². The van der Waals surface area contributed by atoms with Crippen LogP contribution in [0.3, 0.4) is 0 Å². The van der Waals surface area contributed by atoms with Gasteiger partial charge in [-0.2, -0.15) is 0 Å². The Labute approximate surface area is 117 Å². The zero-order chi connectivity index (χ0) is 15.9. The van der Waals surface area contributed by atoms with E-state index < -0.39 is 35.7 Å². The average Bonchev–Trinajstić information content (AvgIpc) is 2.24. The predicted octanol–water partition coefficient (Wildman–Crippen LogP) is -1.62. The number of rotatable bonds is 8. The lowest BCUT2D eigenvalue weighted by atomic mass is 10.0. The third-order valence-corrected chi connectivity index (χ3v) is 2.47. The van der Waals surface area contributed by atoms with Gasteiger partial charge in [-0.25, -0.2) is 0 Å². The molecule has 0 saturated heterocycles. The summed E-state index contributed by atoms with van der Waals surface area (Å²) in [6, 6.07) is -1.97. The van der Waals surface area contributed by atoms with E-state index in [2.05, 4.69) is 10.6 Å². The van der Waals surface area contributed by atoms with E-state index in [0.717, 1.165) is 0 Å². The second-order valence-corrected chi connectivity index (χ2v) is 5.02. The Balaban J connectivity index is 4.81. The van der Waals surface area contributed by atoms with E-state index in [-0.39, 0.29) is 12.3 Å². The Morgan fingerprint density at radius 2 is 1.55 bits per heavy atom. The van der Waals surface area contributed by atoms with E-state index in [9.17, 15) is 19.2 Å². The van der Waals surface area contributed by atoms with Gasteiger partial charge in [0, 0.05) is 6.92 Å². The molecule has 8 heteroatoms. The molecular weight excluding hydrogens is 264 g/mol. The Bertz CT molecular complexity index is 379. The second kappa shape index (κ2) is 8.13. The topological polar surface area (TPSA) is 144 Å². The zero-order valence-corrected chi connectivity index (χ0v) is 11.9. The highest BCUT2D eigenvalue weighted by atomic mass is 16.2. The molecule has 0 aromatic carbocycles. The quantitative estimate of drug-likeness (QED) is 0.425. The van der Waals surface area contributed by atoms with Crippen LogP contribution in [0.1, 0.15) is 33.6 Å². The van der Waals surface area contributed by atoms with Crippen molar-refractivity contribution in [3.63, 3.8) is 0 Å². The molecule has 0 aliphatic carbocycles. The Hall–Kier alpha value is -2.12. The van der Waals surface area contributed by atoms with Crippen LogP contribution in [0, 0.1) is 5.92 Å². The molecule has 114 valence electrons. The second-order valence-electron chi connectivity index (χ2n) is 5.02. The maximum absolute atomic E-state index is 12.0. The van der Waals surface area contributed by atoms with Crippen molar-refractivity contribution in [2.45, 2.75) is 45.7 Å². The summed E-state index contributed by atoms with van der Waals surface area (Å²) < 4.78 is 0. The number of primary amides is 2. The maximum atomic E-state index is 12.0. The van der Waals surface area contributed by atoms with Crippen LogP contribution in [0.15, 0.2) is 0 Å². The molecule has 0 rings (SSSR count). The molecule has 0 fully saturated rings. The van der Waals surface area contributed by atoms with Crippen LogP contribution in [0.5, 0.6) is 0 Å². The molecular formula is C12H22N4O4. The summed E-state index contributed by atoms with van der Waals surface area (Å²) in [7, 11) is 0. The molecule has 0 aromatic heterocycles. The van der Waals surface area contributed by atoms with Gasteiger partial charge in [-0.15, -0.1) is 0 Å². The van der Waals surface area contributed by atoms with Crippen LogP contribution in [0.4, 0.5) is 0 Å². The summed E-state index contributed by atoms with van der Waals surface area (Å²) in [5.74, 6) is -2.41. The van der Waals surface area contributed by atoms with E-state index in [1.54, 1.807) is 0 Å². The number of nitrogens with two attached hydrogens (primary N) is 2. The minimum absolute atomic E-state index is 0.142. The van der Waals surface area contributed by atoms with Crippen molar-refractivity contribution in [1.29, 1.82) is 0 Å². The van der Waals surface area contributed by atoms with Gasteiger partial charge in [0.25, 0.3) is 0 Å². The molecule has 0 aromatic rings. The van der Waals surface area contributed by atoms with Gasteiger partial charge < -0.3 is 22.1 Å². The molecule has 0 bridgehead atoms. The first-order valence-electron chi connectivity index (χ1n) is 6.28. The van der Waals surface area contributed by atoms with Gasteiger partial charge in [0.1, 0.15) is 12.1 Å². The minimum atomic E-state index is -1.11. The van der Waals surface area contributed by atoms with Gasteiger partial charge in [0.15, 0.2) is 0 Å². The Morgan fingerprint density at radius 1 is 1.00 bits per heavy atom. The monoisotopic (exact) mass is 286 g/mol. The summed E-state index contributed by atoms with van der Waals surface area (Å²) >= 11 is 0. The largest absolute Gasteiger partial charge is 0.370 e. The lowest BCUT2D eigenvalue weighted by Gasteiger charge is -2.21. The number of nitrogens with one attached hydrogen (secondary N) is 2. The average molecular weight is 286 g/mol. The van der Waals surface area contributed by atoms with Crippen molar-refractivity contribution in [2.75, 3.05) is 0 Å². The highest BCUT2D eigenvalue weighted by Gasteiger charge is 2.26. The fourth-order valence-electron chi connectivity index (χ4n) is 1.65. The van der Waals surface area contributed by atoms with E-state index >= 15 is 0 Å². The number of carbonyl (C=O) groups excluding carboxylic acids is 4. The minimum Gasteiger partial charge on any atom is -0.370 e. The van der Waals surface area contributed by atoms with Crippen molar-refractivity contribution in [2.24, 2.45) is 17.4 Å². The van der Waals surface area contributed by atoms with Crippen LogP contribution in [-0.4, -0.2) is 35.7 Å². The van der Waals surface area contributed by atoms with Crippen molar-refractivity contribution in [3.8, 4) is 0 Å². The Morgan fingerprint density at radius 3 is 1.90 bits per heavy atom. The zero-order valence-electron chi connectivity index (χ0n) is 11.9. The van der Waals surface area contributed by atoms with Gasteiger partial charge in [0.05, 0.1) is 6.42 Å². The molecule has 8 nitrogen and oxygen atoms in total. The van der Waals surface area contributed by atoms with Crippen LogP contribution in [-0.2, 0) is 19.2 Å². The lowest BCUT2D eigenvalue weighted by molar-refractivity contribution is -0.132. The van der Waals surface area contributed by atoms with E-state index in [0.29, 0.717) is 6.42 Å². The van der Waals surface area contributed by atoms with Gasteiger partial charge in [-0.3, -0.25) is 19.2 Å². The molecule has 0 aliphatic rings. The molecule has 0 radical (unpaired) electrons. The molecule has 0 saturated carbocycles. The first kappa shape index (κ1) is 17.9. The predicted molar refractivity (Wildman–Crippen MR) is 72.0 cm³/mol. The number of hydrogen-bond acceptors (Lipinski definition) is 4. The van der Waals surface area contributed by atoms with Crippen LogP contribution in [0.2, 0.25) is 0 Å².